The van der Waals surface area contributed by atoms with Crippen molar-refractivity contribution < 1.29 is 8.63 Å². The first kappa shape index (κ1) is 12.1. The number of hydrogen-bond acceptors (Lipinski definition) is 3. The van der Waals surface area contributed by atoms with Crippen molar-refractivity contribution in [1.29, 1.82) is 0 Å². The fourth-order valence-electron chi connectivity index (χ4n) is 1.87. The van der Waals surface area contributed by atoms with Gasteiger partial charge in [0.05, 0.1) is 10.8 Å². The predicted octanol–water partition coefficient (Wildman–Crippen LogP) is 3.44. The molecule has 3 nitrogen and oxygen atoms in total. The maximum absolute atomic E-state index is 12.2. The molecule has 0 N–H and O–H groups in total. The Hall–Kier alpha value is -1.94. The van der Waals surface area contributed by atoms with E-state index in [0.29, 0.717) is 11.6 Å². The van der Waals surface area contributed by atoms with Crippen molar-refractivity contribution in [1.82, 2.24) is 4.98 Å². The Kier molecular flexibility index (Phi) is 3.17. The van der Waals surface area contributed by atoms with Crippen LogP contribution in [0.2, 0.25) is 0 Å². The summed E-state index contributed by atoms with van der Waals surface area (Å²) in [5.41, 5.74) is 2.69. The summed E-state index contributed by atoms with van der Waals surface area (Å²) in [5, 5.41) is 0. The minimum atomic E-state index is -1.13. The lowest BCUT2D eigenvalue weighted by Gasteiger charge is -1.99. The standard InChI is InChI=1S/C15H13NO2S/c1-11-6-8-12(9-7-11)19(17)10-15-16-13-4-2-3-5-14(13)18-15/h2-9H,10H2,1H3. The zero-order chi connectivity index (χ0) is 13.2. The lowest BCUT2D eigenvalue weighted by atomic mass is 10.2. The number of nitrogens with zero attached hydrogens (tertiary/aromatic N) is 1. The second-order valence-corrected chi connectivity index (χ2v) is 5.83. The van der Waals surface area contributed by atoms with Crippen LogP contribution in [-0.2, 0) is 16.6 Å². The molecule has 0 saturated carbocycles. The van der Waals surface area contributed by atoms with Crippen LogP contribution in [0.25, 0.3) is 11.1 Å². The molecule has 0 spiro atoms. The Morgan fingerprint density at radius 3 is 2.58 bits per heavy atom. The van der Waals surface area contributed by atoms with Crippen LogP contribution in [0.15, 0.2) is 57.8 Å². The molecule has 0 bridgehead atoms. The number of rotatable bonds is 3. The summed E-state index contributed by atoms with van der Waals surface area (Å²) in [6, 6.07) is 15.2. The third kappa shape index (κ3) is 2.58. The molecule has 1 atom stereocenters. The van der Waals surface area contributed by atoms with E-state index in [2.05, 4.69) is 4.98 Å². The van der Waals surface area contributed by atoms with Gasteiger partial charge < -0.3 is 4.42 Å². The van der Waals surface area contributed by atoms with Gasteiger partial charge in [-0.05, 0) is 31.2 Å². The smallest absolute Gasteiger partial charge is 0.208 e. The normalized spacial score (nSPS) is 12.7. The highest BCUT2D eigenvalue weighted by Crippen LogP contribution is 2.18. The molecule has 1 unspecified atom stereocenters. The fourth-order valence-corrected chi connectivity index (χ4v) is 2.82. The molecule has 0 aliphatic carbocycles. The molecule has 96 valence electrons. The number of benzene rings is 2. The van der Waals surface area contributed by atoms with Crippen molar-refractivity contribution in [3.8, 4) is 0 Å². The third-order valence-corrected chi connectivity index (χ3v) is 4.18. The molecule has 0 saturated heterocycles. The maximum Gasteiger partial charge on any atom is 0.208 e. The number of para-hydroxylation sites is 2. The van der Waals surface area contributed by atoms with Crippen LogP contribution in [0.4, 0.5) is 0 Å². The molecule has 3 aromatic rings. The van der Waals surface area contributed by atoms with E-state index in [9.17, 15) is 4.21 Å². The van der Waals surface area contributed by atoms with Crippen LogP contribution < -0.4 is 0 Å². The molecule has 2 aromatic carbocycles. The van der Waals surface area contributed by atoms with Crippen LogP contribution >= 0.6 is 0 Å². The van der Waals surface area contributed by atoms with Crippen molar-refractivity contribution in [3.05, 3.63) is 60.0 Å². The number of fused-ring (bicyclic) bond motifs is 1. The van der Waals surface area contributed by atoms with E-state index < -0.39 is 10.8 Å². The van der Waals surface area contributed by atoms with Crippen LogP contribution in [0.5, 0.6) is 0 Å². The molecule has 0 amide bonds. The van der Waals surface area contributed by atoms with E-state index in [4.69, 9.17) is 4.42 Å². The van der Waals surface area contributed by atoms with Crippen molar-refractivity contribution in [2.24, 2.45) is 0 Å². The number of aryl methyl sites for hydroxylation is 1. The van der Waals surface area contributed by atoms with Gasteiger partial charge in [-0.15, -0.1) is 0 Å². The summed E-state index contributed by atoms with van der Waals surface area (Å²) in [6.07, 6.45) is 0. The summed E-state index contributed by atoms with van der Waals surface area (Å²) >= 11 is 0. The van der Waals surface area contributed by atoms with Crippen LogP contribution in [-0.4, -0.2) is 9.19 Å². The van der Waals surface area contributed by atoms with Gasteiger partial charge in [0.2, 0.25) is 5.89 Å². The van der Waals surface area contributed by atoms with Gasteiger partial charge >= 0.3 is 0 Å². The van der Waals surface area contributed by atoms with Crippen LogP contribution in [0, 0.1) is 6.92 Å². The van der Waals surface area contributed by atoms with Crippen molar-refractivity contribution in [2.75, 3.05) is 0 Å². The molecule has 0 radical (unpaired) electrons. The van der Waals surface area contributed by atoms with Gasteiger partial charge in [0.1, 0.15) is 11.3 Å². The Bertz CT molecular complexity index is 698. The zero-order valence-electron chi connectivity index (χ0n) is 10.5. The first-order valence-electron chi connectivity index (χ1n) is 6.02. The first-order chi connectivity index (χ1) is 9.22. The van der Waals surface area contributed by atoms with E-state index >= 15 is 0 Å². The zero-order valence-corrected chi connectivity index (χ0v) is 11.3. The van der Waals surface area contributed by atoms with Crippen molar-refractivity contribution >= 4 is 21.9 Å². The Balaban J connectivity index is 1.84. The quantitative estimate of drug-likeness (QED) is 0.733. The van der Waals surface area contributed by atoms with Gasteiger partial charge in [-0.3, -0.25) is 4.21 Å². The summed E-state index contributed by atoms with van der Waals surface area (Å²) in [6.45, 7) is 2.01. The van der Waals surface area contributed by atoms with E-state index in [1.165, 1.54) is 0 Å². The fraction of sp³-hybridized carbons (Fsp3) is 0.133. The van der Waals surface area contributed by atoms with Crippen LogP contribution in [0.3, 0.4) is 0 Å². The second-order valence-electron chi connectivity index (χ2n) is 4.38. The monoisotopic (exact) mass is 271 g/mol. The number of hydrogen-bond donors (Lipinski definition) is 0. The molecule has 0 aliphatic rings. The minimum Gasteiger partial charge on any atom is -0.440 e. The van der Waals surface area contributed by atoms with Gasteiger partial charge in [0.15, 0.2) is 5.58 Å². The summed E-state index contributed by atoms with van der Waals surface area (Å²) in [5.74, 6) is 0.817. The summed E-state index contributed by atoms with van der Waals surface area (Å²) in [7, 11) is -1.13. The highest BCUT2D eigenvalue weighted by Gasteiger charge is 2.10. The molecular weight excluding hydrogens is 258 g/mol. The average Bonchev–Trinajstić information content (AvgIpc) is 2.81. The minimum absolute atomic E-state index is 0.303. The summed E-state index contributed by atoms with van der Waals surface area (Å²) < 4.78 is 17.8. The molecule has 4 heteroatoms. The lowest BCUT2D eigenvalue weighted by molar-refractivity contribution is 0.552. The molecule has 0 aliphatic heterocycles. The molecular formula is C15H13NO2S. The molecule has 3 rings (SSSR count). The van der Waals surface area contributed by atoms with Crippen molar-refractivity contribution in [2.45, 2.75) is 17.6 Å². The highest BCUT2D eigenvalue weighted by atomic mass is 32.2. The summed E-state index contributed by atoms with van der Waals surface area (Å²) in [4.78, 5) is 5.13. The highest BCUT2D eigenvalue weighted by molar-refractivity contribution is 7.84. The van der Waals surface area contributed by atoms with Gasteiger partial charge in [-0.25, -0.2) is 4.98 Å². The maximum atomic E-state index is 12.2. The van der Waals surface area contributed by atoms with E-state index in [1.54, 1.807) is 0 Å². The average molecular weight is 271 g/mol. The number of aromatic nitrogens is 1. The van der Waals surface area contributed by atoms with Gasteiger partial charge in [-0.2, -0.15) is 0 Å². The largest absolute Gasteiger partial charge is 0.440 e. The second kappa shape index (κ2) is 4.97. The third-order valence-electron chi connectivity index (χ3n) is 2.88. The van der Waals surface area contributed by atoms with E-state index in [0.717, 1.165) is 21.6 Å². The Morgan fingerprint density at radius 1 is 1.11 bits per heavy atom. The lowest BCUT2D eigenvalue weighted by Crippen LogP contribution is -1.96. The molecule has 1 heterocycles. The Morgan fingerprint density at radius 2 is 1.84 bits per heavy atom. The van der Waals surface area contributed by atoms with E-state index in [-0.39, 0.29) is 0 Å². The molecule has 0 fully saturated rings. The first-order valence-corrected chi connectivity index (χ1v) is 7.34. The van der Waals surface area contributed by atoms with Gasteiger partial charge in [0.25, 0.3) is 0 Å². The SMILES string of the molecule is Cc1ccc(S(=O)Cc2nc3ccccc3o2)cc1. The van der Waals surface area contributed by atoms with E-state index in [1.807, 2.05) is 55.5 Å². The predicted molar refractivity (Wildman–Crippen MR) is 75.3 cm³/mol. The topological polar surface area (TPSA) is 43.1 Å². The molecule has 19 heavy (non-hydrogen) atoms. The van der Waals surface area contributed by atoms with Gasteiger partial charge in [-0.1, -0.05) is 29.8 Å². The van der Waals surface area contributed by atoms with Gasteiger partial charge in [0, 0.05) is 4.90 Å². The van der Waals surface area contributed by atoms with Crippen molar-refractivity contribution in [3.63, 3.8) is 0 Å². The molecule has 1 aromatic heterocycles. The van der Waals surface area contributed by atoms with Crippen LogP contribution in [0.1, 0.15) is 11.5 Å². The Labute approximate surface area is 113 Å². The number of oxazole rings is 1.